The first-order chi connectivity index (χ1) is 15.6. The highest BCUT2D eigenvalue weighted by molar-refractivity contribution is 5.74. The molecule has 32 heavy (non-hydrogen) atoms. The molecule has 2 aliphatic rings. The summed E-state index contributed by atoms with van der Waals surface area (Å²) in [5, 5.41) is 0. The molecule has 0 amide bonds. The molecule has 1 atom stereocenters. The van der Waals surface area contributed by atoms with Crippen LogP contribution in [0.15, 0.2) is 61.1 Å². The fourth-order valence-corrected chi connectivity index (χ4v) is 5.68. The Bertz CT molecular complexity index is 1320. The van der Waals surface area contributed by atoms with Crippen LogP contribution in [0.25, 0.3) is 16.9 Å². The summed E-state index contributed by atoms with van der Waals surface area (Å²) in [6.07, 6.45) is 8.70. The van der Waals surface area contributed by atoms with E-state index in [1.807, 2.05) is 29.1 Å². The van der Waals surface area contributed by atoms with Crippen LogP contribution in [0.1, 0.15) is 35.6 Å². The van der Waals surface area contributed by atoms with Gasteiger partial charge >= 0.3 is 0 Å². The van der Waals surface area contributed by atoms with Gasteiger partial charge in [-0.1, -0.05) is 36.4 Å². The maximum atomic E-state index is 14.1. The van der Waals surface area contributed by atoms with Crippen LogP contribution in [0.2, 0.25) is 0 Å². The molecule has 3 heterocycles. The summed E-state index contributed by atoms with van der Waals surface area (Å²) in [6.45, 7) is 3.61. The van der Waals surface area contributed by atoms with Crippen molar-refractivity contribution in [2.24, 2.45) is 11.1 Å². The molecule has 0 bridgehead atoms. The van der Waals surface area contributed by atoms with Gasteiger partial charge in [0.05, 0.1) is 6.20 Å². The van der Waals surface area contributed by atoms with Gasteiger partial charge in [0, 0.05) is 37.1 Å². The highest BCUT2D eigenvalue weighted by atomic mass is 19.1. The van der Waals surface area contributed by atoms with Gasteiger partial charge in [0.25, 0.3) is 0 Å². The third-order valence-corrected chi connectivity index (χ3v) is 7.60. The molecule has 0 radical (unpaired) electrons. The number of rotatable bonds is 2. The van der Waals surface area contributed by atoms with Gasteiger partial charge in [-0.2, -0.15) is 0 Å². The number of nitrogens with two attached hydrogens (primary N) is 1. The van der Waals surface area contributed by atoms with Gasteiger partial charge in [-0.15, -0.1) is 0 Å². The van der Waals surface area contributed by atoms with Crippen LogP contribution in [0, 0.1) is 18.2 Å². The molecule has 2 aromatic carbocycles. The average Bonchev–Trinajstić information content (AvgIpc) is 3.36. The minimum atomic E-state index is -0.219. The van der Waals surface area contributed by atoms with E-state index >= 15 is 0 Å². The van der Waals surface area contributed by atoms with Crippen LogP contribution < -0.4 is 10.6 Å². The van der Waals surface area contributed by atoms with Gasteiger partial charge in [0.15, 0.2) is 5.82 Å². The Labute approximate surface area is 186 Å². The van der Waals surface area contributed by atoms with Crippen molar-refractivity contribution in [1.29, 1.82) is 0 Å². The van der Waals surface area contributed by atoms with Gasteiger partial charge in [-0.3, -0.25) is 4.40 Å². The largest absolute Gasteiger partial charge is 0.355 e. The molecule has 0 unspecified atom stereocenters. The SMILES string of the molecule is Cc1c(F)cccc1-c1ncc2c(N3CCC4(CC3)Cc3ccccc3[C@H]4N)nccn12. The third-order valence-electron chi connectivity index (χ3n) is 7.60. The number of imidazole rings is 1. The van der Waals surface area contributed by atoms with Crippen molar-refractivity contribution in [2.75, 3.05) is 18.0 Å². The second-order valence-corrected chi connectivity index (χ2v) is 9.20. The Morgan fingerprint density at radius 1 is 1.06 bits per heavy atom. The van der Waals surface area contributed by atoms with E-state index in [0.717, 1.165) is 55.1 Å². The lowest BCUT2D eigenvalue weighted by molar-refractivity contribution is 0.187. The molecule has 162 valence electrons. The lowest BCUT2D eigenvalue weighted by atomic mass is 9.73. The molecule has 1 saturated heterocycles. The van der Waals surface area contributed by atoms with E-state index in [9.17, 15) is 4.39 Å². The highest BCUT2D eigenvalue weighted by Crippen LogP contribution is 2.51. The fourth-order valence-electron chi connectivity index (χ4n) is 5.68. The molecule has 0 saturated carbocycles. The van der Waals surface area contributed by atoms with Crippen LogP contribution in [0.4, 0.5) is 10.2 Å². The van der Waals surface area contributed by atoms with E-state index in [1.54, 1.807) is 13.0 Å². The second-order valence-electron chi connectivity index (χ2n) is 9.20. The first kappa shape index (κ1) is 19.4. The first-order valence-electron chi connectivity index (χ1n) is 11.2. The molecule has 5 nitrogen and oxygen atoms in total. The van der Waals surface area contributed by atoms with Gasteiger partial charge in [0.1, 0.15) is 17.2 Å². The molecule has 4 aromatic rings. The topological polar surface area (TPSA) is 59.5 Å². The molecule has 1 aliphatic heterocycles. The summed E-state index contributed by atoms with van der Waals surface area (Å²) >= 11 is 0. The number of hydrogen-bond donors (Lipinski definition) is 1. The summed E-state index contributed by atoms with van der Waals surface area (Å²) in [7, 11) is 0. The fraction of sp³-hybridized carbons (Fsp3) is 0.308. The number of aromatic nitrogens is 3. The number of benzene rings is 2. The van der Waals surface area contributed by atoms with Crippen molar-refractivity contribution in [2.45, 2.75) is 32.2 Å². The number of nitrogens with zero attached hydrogens (tertiary/aromatic N) is 4. The zero-order valence-electron chi connectivity index (χ0n) is 18.1. The molecule has 6 rings (SSSR count). The number of hydrogen-bond acceptors (Lipinski definition) is 4. The molecule has 6 heteroatoms. The Kier molecular flexibility index (Phi) is 4.33. The van der Waals surface area contributed by atoms with E-state index < -0.39 is 0 Å². The molecular weight excluding hydrogens is 401 g/mol. The summed E-state index contributed by atoms with van der Waals surface area (Å²) in [6, 6.07) is 13.8. The van der Waals surface area contributed by atoms with Crippen molar-refractivity contribution in [3.05, 3.63) is 83.6 Å². The Morgan fingerprint density at radius 3 is 2.69 bits per heavy atom. The van der Waals surface area contributed by atoms with Crippen molar-refractivity contribution >= 4 is 11.3 Å². The lowest BCUT2D eigenvalue weighted by Gasteiger charge is -2.42. The second kappa shape index (κ2) is 7.14. The Hall–Kier alpha value is -3.25. The Morgan fingerprint density at radius 2 is 1.88 bits per heavy atom. The number of halogens is 1. The number of piperidine rings is 1. The van der Waals surface area contributed by atoms with Crippen LogP contribution in [-0.2, 0) is 6.42 Å². The molecule has 1 aliphatic carbocycles. The maximum absolute atomic E-state index is 14.1. The predicted octanol–water partition coefficient (Wildman–Crippen LogP) is 4.69. The quantitative estimate of drug-likeness (QED) is 0.504. The smallest absolute Gasteiger partial charge is 0.154 e. The third kappa shape index (κ3) is 2.79. The molecule has 2 N–H and O–H groups in total. The van der Waals surface area contributed by atoms with Crippen LogP contribution in [-0.4, -0.2) is 27.5 Å². The van der Waals surface area contributed by atoms with Gasteiger partial charge in [-0.25, -0.2) is 14.4 Å². The van der Waals surface area contributed by atoms with E-state index in [4.69, 9.17) is 10.7 Å². The van der Waals surface area contributed by atoms with Crippen molar-refractivity contribution in [3.8, 4) is 11.4 Å². The Balaban J connectivity index is 1.31. The van der Waals surface area contributed by atoms with Crippen molar-refractivity contribution in [1.82, 2.24) is 14.4 Å². The minimum Gasteiger partial charge on any atom is -0.355 e. The molecule has 1 spiro atoms. The summed E-state index contributed by atoms with van der Waals surface area (Å²) in [4.78, 5) is 11.7. The standard InChI is InChI=1S/C26H26FN5/c1-17-19(7-4-8-21(17)27)24-30-16-22-25(29-11-14-32(22)24)31-12-9-26(10-13-31)15-18-5-2-3-6-20(18)23(26)28/h2-8,11,14,16,23H,9-10,12-13,15,28H2,1H3/t23-/m1/s1. The van der Waals surface area contributed by atoms with Gasteiger partial charge < -0.3 is 10.6 Å². The molecule has 2 aromatic heterocycles. The molecular formula is C26H26FN5. The van der Waals surface area contributed by atoms with Gasteiger partial charge in [0.2, 0.25) is 0 Å². The average molecular weight is 428 g/mol. The predicted molar refractivity (Wildman–Crippen MR) is 124 cm³/mol. The van der Waals surface area contributed by atoms with E-state index in [-0.39, 0.29) is 17.3 Å². The number of anilines is 1. The summed E-state index contributed by atoms with van der Waals surface area (Å²) < 4.78 is 16.2. The van der Waals surface area contributed by atoms with E-state index in [1.165, 1.54) is 17.2 Å². The van der Waals surface area contributed by atoms with Crippen LogP contribution in [0.5, 0.6) is 0 Å². The summed E-state index contributed by atoms with van der Waals surface area (Å²) in [5.41, 5.74) is 11.9. The van der Waals surface area contributed by atoms with E-state index in [0.29, 0.717) is 5.56 Å². The van der Waals surface area contributed by atoms with Crippen LogP contribution in [0.3, 0.4) is 0 Å². The van der Waals surface area contributed by atoms with Crippen molar-refractivity contribution < 1.29 is 4.39 Å². The minimum absolute atomic E-state index is 0.0992. The zero-order chi connectivity index (χ0) is 21.9. The molecule has 1 fully saturated rings. The normalized spacial score (nSPS) is 19.6. The monoisotopic (exact) mass is 427 g/mol. The highest BCUT2D eigenvalue weighted by Gasteiger charge is 2.46. The number of fused-ring (bicyclic) bond motifs is 2. The van der Waals surface area contributed by atoms with Gasteiger partial charge in [-0.05, 0) is 54.4 Å². The van der Waals surface area contributed by atoms with E-state index in [2.05, 4.69) is 34.1 Å². The zero-order valence-corrected chi connectivity index (χ0v) is 18.1. The maximum Gasteiger partial charge on any atom is 0.154 e. The van der Waals surface area contributed by atoms with Crippen LogP contribution >= 0.6 is 0 Å². The first-order valence-corrected chi connectivity index (χ1v) is 11.2. The summed E-state index contributed by atoms with van der Waals surface area (Å²) in [5.74, 6) is 1.45. The lowest BCUT2D eigenvalue weighted by Crippen LogP contribution is -2.44. The van der Waals surface area contributed by atoms with Crippen molar-refractivity contribution in [3.63, 3.8) is 0 Å².